The third kappa shape index (κ3) is 2.78. The molecule has 0 aliphatic carbocycles. The highest BCUT2D eigenvalue weighted by Gasteiger charge is 2.06. The van der Waals surface area contributed by atoms with Gasteiger partial charge in [0.25, 0.3) is 0 Å². The van der Waals surface area contributed by atoms with Gasteiger partial charge in [0.2, 0.25) is 0 Å². The average molecular weight is 226 g/mol. The van der Waals surface area contributed by atoms with Crippen LogP contribution in [0.5, 0.6) is 0 Å². The average Bonchev–Trinajstić information content (AvgIpc) is 2.38. The van der Waals surface area contributed by atoms with Crippen molar-refractivity contribution < 1.29 is 9.21 Å². The number of allylic oxidation sites excluding steroid dienone is 1. The maximum absolute atomic E-state index is 11.7. The fourth-order valence-corrected chi connectivity index (χ4v) is 1.38. The van der Waals surface area contributed by atoms with Gasteiger partial charge in [-0.2, -0.15) is 0 Å². The molecule has 1 aromatic heterocycles. The van der Waals surface area contributed by atoms with Crippen LogP contribution in [0, 0.1) is 0 Å². The second-order valence-electron chi connectivity index (χ2n) is 3.42. The molecule has 0 spiro atoms. The van der Waals surface area contributed by atoms with E-state index in [-0.39, 0.29) is 11.3 Å². The van der Waals surface area contributed by atoms with Crippen LogP contribution in [0.1, 0.15) is 15.9 Å². The van der Waals surface area contributed by atoms with Crippen molar-refractivity contribution >= 4 is 11.9 Å². The Balaban J connectivity index is 2.21. The summed E-state index contributed by atoms with van der Waals surface area (Å²) in [5, 5.41) is 0. The summed E-state index contributed by atoms with van der Waals surface area (Å²) in [4.78, 5) is 22.9. The Morgan fingerprint density at radius 1 is 1.06 bits per heavy atom. The van der Waals surface area contributed by atoms with Crippen molar-refractivity contribution in [3.05, 3.63) is 76.4 Å². The summed E-state index contributed by atoms with van der Waals surface area (Å²) < 4.78 is 4.62. The van der Waals surface area contributed by atoms with Gasteiger partial charge in [-0.05, 0) is 23.8 Å². The van der Waals surface area contributed by atoms with Crippen LogP contribution in [-0.2, 0) is 0 Å². The smallest absolute Gasteiger partial charge is 0.346 e. The van der Waals surface area contributed by atoms with Crippen LogP contribution >= 0.6 is 0 Å². The Morgan fingerprint density at radius 2 is 1.82 bits per heavy atom. The Morgan fingerprint density at radius 3 is 2.53 bits per heavy atom. The van der Waals surface area contributed by atoms with Gasteiger partial charge in [0.1, 0.15) is 5.56 Å². The lowest BCUT2D eigenvalue weighted by molar-refractivity contribution is 0.104. The number of rotatable bonds is 3. The van der Waals surface area contributed by atoms with Crippen LogP contribution in [-0.4, -0.2) is 5.78 Å². The summed E-state index contributed by atoms with van der Waals surface area (Å²) in [6.07, 6.45) is 4.27. The fraction of sp³-hybridized carbons (Fsp3) is 0. The van der Waals surface area contributed by atoms with Crippen molar-refractivity contribution in [2.75, 3.05) is 0 Å². The molecule has 0 aliphatic heterocycles. The van der Waals surface area contributed by atoms with Crippen LogP contribution in [0.4, 0.5) is 0 Å². The monoisotopic (exact) mass is 226 g/mol. The first kappa shape index (κ1) is 11.1. The molecule has 0 saturated heterocycles. The molecule has 1 aromatic carbocycles. The van der Waals surface area contributed by atoms with Gasteiger partial charge in [-0.15, -0.1) is 0 Å². The maximum Gasteiger partial charge on any atom is 0.346 e. The number of benzene rings is 1. The van der Waals surface area contributed by atoms with Crippen molar-refractivity contribution in [2.24, 2.45) is 0 Å². The van der Waals surface area contributed by atoms with Gasteiger partial charge in [-0.3, -0.25) is 4.79 Å². The lowest BCUT2D eigenvalue weighted by atomic mass is 10.1. The molecule has 0 fully saturated rings. The molecular weight excluding hydrogens is 216 g/mol. The molecule has 3 heteroatoms. The zero-order valence-electron chi connectivity index (χ0n) is 9.00. The van der Waals surface area contributed by atoms with Crippen LogP contribution in [0.25, 0.3) is 6.08 Å². The highest BCUT2D eigenvalue weighted by Crippen LogP contribution is 2.03. The van der Waals surface area contributed by atoms with Crippen molar-refractivity contribution in [3.63, 3.8) is 0 Å². The van der Waals surface area contributed by atoms with E-state index in [4.69, 9.17) is 0 Å². The largest absolute Gasteiger partial charge is 0.431 e. The Labute approximate surface area is 98.0 Å². The minimum atomic E-state index is -0.616. The molecular formula is C14H10O3. The Bertz CT molecular complexity index is 594. The van der Waals surface area contributed by atoms with Crippen LogP contribution in [0.2, 0.25) is 0 Å². The number of carbonyl (C=O) groups excluding carboxylic acids is 1. The van der Waals surface area contributed by atoms with Crippen LogP contribution < -0.4 is 5.63 Å². The molecule has 84 valence electrons. The molecule has 0 aliphatic rings. The number of carbonyl (C=O) groups is 1. The van der Waals surface area contributed by atoms with E-state index in [1.807, 2.05) is 30.3 Å². The zero-order chi connectivity index (χ0) is 12.1. The SMILES string of the molecule is O=C(C=Cc1ccccc1)c1cccoc1=O. The third-order valence-corrected chi connectivity index (χ3v) is 2.23. The second-order valence-corrected chi connectivity index (χ2v) is 3.42. The van der Waals surface area contributed by atoms with Gasteiger partial charge in [-0.25, -0.2) is 4.79 Å². The molecule has 0 bridgehead atoms. The molecule has 0 amide bonds. The van der Waals surface area contributed by atoms with E-state index >= 15 is 0 Å². The Kier molecular flexibility index (Phi) is 3.31. The molecule has 0 N–H and O–H groups in total. The normalized spacial score (nSPS) is 10.6. The summed E-state index contributed by atoms with van der Waals surface area (Å²) in [5.74, 6) is -0.358. The molecule has 0 radical (unpaired) electrons. The first-order chi connectivity index (χ1) is 8.27. The van der Waals surface area contributed by atoms with E-state index in [0.29, 0.717) is 0 Å². The van der Waals surface area contributed by atoms with Crippen molar-refractivity contribution in [1.29, 1.82) is 0 Å². The molecule has 1 heterocycles. The van der Waals surface area contributed by atoms with E-state index in [0.717, 1.165) is 5.56 Å². The van der Waals surface area contributed by atoms with Gasteiger partial charge in [-0.1, -0.05) is 36.4 Å². The van der Waals surface area contributed by atoms with E-state index in [2.05, 4.69) is 4.42 Å². The van der Waals surface area contributed by atoms with Gasteiger partial charge in [0.05, 0.1) is 6.26 Å². The minimum Gasteiger partial charge on any atom is -0.431 e. The number of hydrogen-bond acceptors (Lipinski definition) is 3. The maximum atomic E-state index is 11.7. The van der Waals surface area contributed by atoms with Crippen molar-refractivity contribution in [3.8, 4) is 0 Å². The van der Waals surface area contributed by atoms with E-state index in [9.17, 15) is 9.59 Å². The molecule has 0 unspecified atom stereocenters. The van der Waals surface area contributed by atoms with E-state index in [1.54, 1.807) is 6.08 Å². The number of ketones is 1. The number of hydrogen-bond donors (Lipinski definition) is 0. The molecule has 0 saturated carbocycles. The van der Waals surface area contributed by atoms with Crippen molar-refractivity contribution in [1.82, 2.24) is 0 Å². The summed E-state index contributed by atoms with van der Waals surface area (Å²) >= 11 is 0. The van der Waals surface area contributed by atoms with Crippen molar-refractivity contribution in [2.45, 2.75) is 0 Å². The predicted molar refractivity (Wildman–Crippen MR) is 64.8 cm³/mol. The molecule has 0 atom stereocenters. The lowest BCUT2D eigenvalue weighted by Gasteiger charge is -1.93. The highest BCUT2D eigenvalue weighted by molar-refractivity contribution is 6.06. The highest BCUT2D eigenvalue weighted by atomic mass is 16.4. The molecule has 2 aromatic rings. The summed E-state index contributed by atoms with van der Waals surface area (Å²) in [5.41, 5.74) is 0.330. The topological polar surface area (TPSA) is 47.3 Å². The minimum absolute atomic E-state index is 0.0414. The lowest BCUT2D eigenvalue weighted by Crippen LogP contribution is -2.10. The van der Waals surface area contributed by atoms with Gasteiger partial charge in [0, 0.05) is 0 Å². The first-order valence-electron chi connectivity index (χ1n) is 5.12. The molecule has 17 heavy (non-hydrogen) atoms. The first-order valence-corrected chi connectivity index (χ1v) is 5.12. The molecule has 3 nitrogen and oxygen atoms in total. The van der Waals surface area contributed by atoms with Gasteiger partial charge < -0.3 is 4.42 Å². The zero-order valence-corrected chi connectivity index (χ0v) is 9.00. The van der Waals surface area contributed by atoms with Gasteiger partial charge >= 0.3 is 5.63 Å². The standard InChI is InChI=1S/C14H10O3/c15-13(12-7-4-10-17-14(12)16)9-8-11-5-2-1-3-6-11/h1-10H. The fourth-order valence-electron chi connectivity index (χ4n) is 1.38. The third-order valence-electron chi connectivity index (χ3n) is 2.23. The van der Waals surface area contributed by atoms with E-state index in [1.165, 1.54) is 24.5 Å². The van der Waals surface area contributed by atoms with E-state index < -0.39 is 5.63 Å². The van der Waals surface area contributed by atoms with Gasteiger partial charge in [0.15, 0.2) is 5.78 Å². The predicted octanol–water partition coefficient (Wildman–Crippen LogP) is 2.54. The second kappa shape index (κ2) is 5.07. The summed E-state index contributed by atoms with van der Waals surface area (Å²) in [6.45, 7) is 0. The Hall–Kier alpha value is -2.42. The quantitative estimate of drug-likeness (QED) is 0.596. The summed E-state index contributed by atoms with van der Waals surface area (Å²) in [7, 11) is 0. The van der Waals surface area contributed by atoms with Crippen LogP contribution in [0.15, 0.2) is 64.0 Å². The summed E-state index contributed by atoms with van der Waals surface area (Å²) in [6, 6.07) is 12.4. The molecule has 2 rings (SSSR count). The van der Waals surface area contributed by atoms with Crippen LogP contribution in [0.3, 0.4) is 0 Å².